The number of phosphoric acid groups is 1. The Morgan fingerprint density at radius 2 is 1.95 bits per heavy atom. The lowest BCUT2D eigenvalue weighted by atomic mass is 9.96. The summed E-state index contributed by atoms with van der Waals surface area (Å²) >= 11 is 0. The standard InChI is InChI=1S/C24H27F2N2O10P/c1-5-11-24(26)19(29)18(36-22(24)28-12-17(25)20(30)27-23(28)32)13-34-39(33,38-16-9-7-6-8-10-16)37-15(4)21(31)35-14(2)3/h6-10,12,14-15,18-19,22,29H,13H2,1-4H3,(H,27,30,32)/t15-,18+,19-,22+,24?,39?/m0/s1. The van der Waals surface area contributed by atoms with Crippen molar-refractivity contribution >= 4 is 13.8 Å². The zero-order valence-corrected chi connectivity index (χ0v) is 22.2. The number of halogens is 2. The number of aliphatic hydroxyl groups is 1. The number of carbonyl (C=O) groups is 1. The number of aliphatic hydroxyl groups excluding tert-OH is 1. The van der Waals surface area contributed by atoms with Crippen molar-refractivity contribution in [3.05, 3.63) is 63.2 Å². The number of nitrogens with zero attached hydrogens (tertiary/aromatic N) is 1. The fraction of sp³-hybridized carbons (Fsp3) is 0.458. The van der Waals surface area contributed by atoms with E-state index in [4.69, 9.17) is 23.0 Å². The summed E-state index contributed by atoms with van der Waals surface area (Å²) in [5.41, 5.74) is -5.57. The summed E-state index contributed by atoms with van der Waals surface area (Å²) in [5, 5.41) is 10.7. The van der Waals surface area contributed by atoms with Gasteiger partial charge in [-0.25, -0.2) is 18.5 Å². The predicted molar refractivity (Wildman–Crippen MR) is 131 cm³/mol. The smallest absolute Gasteiger partial charge is 0.461 e. The number of aromatic nitrogens is 2. The van der Waals surface area contributed by atoms with E-state index < -0.39 is 73.8 Å². The van der Waals surface area contributed by atoms with Crippen LogP contribution in [0.25, 0.3) is 0 Å². The minimum absolute atomic E-state index is 0.0305. The number of phosphoric ester groups is 1. The number of ether oxygens (including phenoxy) is 2. The minimum atomic E-state index is -4.67. The van der Waals surface area contributed by atoms with E-state index >= 15 is 4.39 Å². The summed E-state index contributed by atoms with van der Waals surface area (Å²) < 4.78 is 70.3. The Balaban J connectivity index is 1.89. The molecule has 12 nitrogen and oxygen atoms in total. The first-order chi connectivity index (χ1) is 18.3. The summed E-state index contributed by atoms with van der Waals surface area (Å²) in [4.78, 5) is 37.6. The van der Waals surface area contributed by atoms with Gasteiger partial charge in [0.25, 0.3) is 5.56 Å². The Morgan fingerprint density at radius 3 is 2.56 bits per heavy atom. The molecular formula is C24H27F2N2O10P. The summed E-state index contributed by atoms with van der Waals surface area (Å²) in [6.07, 6.45) is -7.35. The van der Waals surface area contributed by atoms with Crippen LogP contribution in [0, 0.1) is 17.7 Å². The van der Waals surface area contributed by atoms with Crippen molar-refractivity contribution in [1.29, 1.82) is 0 Å². The monoisotopic (exact) mass is 572 g/mol. The highest BCUT2D eigenvalue weighted by Gasteiger charge is 2.58. The van der Waals surface area contributed by atoms with E-state index in [0.29, 0.717) is 10.8 Å². The molecule has 2 aromatic rings. The van der Waals surface area contributed by atoms with Gasteiger partial charge in [-0.05, 0) is 39.8 Å². The van der Waals surface area contributed by atoms with Crippen LogP contribution in [0.15, 0.2) is 46.1 Å². The van der Waals surface area contributed by atoms with Gasteiger partial charge < -0.3 is 19.1 Å². The molecule has 0 spiro atoms. The molecule has 1 fully saturated rings. The molecule has 3 rings (SSSR count). The van der Waals surface area contributed by atoms with Gasteiger partial charge in [0, 0.05) is 0 Å². The first-order valence-electron chi connectivity index (χ1n) is 11.6. The third kappa shape index (κ3) is 7.00. The maximum atomic E-state index is 16.0. The van der Waals surface area contributed by atoms with E-state index in [1.165, 1.54) is 26.0 Å². The van der Waals surface area contributed by atoms with Gasteiger partial charge in [-0.15, -0.1) is 5.92 Å². The zero-order valence-electron chi connectivity index (χ0n) is 21.3. The van der Waals surface area contributed by atoms with Gasteiger partial charge in [-0.3, -0.25) is 23.4 Å². The van der Waals surface area contributed by atoms with Gasteiger partial charge in [0.2, 0.25) is 11.5 Å². The van der Waals surface area contributed by atoms with Crippen LogP contribution in [0.3, 0.4) is 0 Å². The Labute approximate surface area is 221 Å². The van der Waals surface area contributed by atoms with Crippen molar-refractivity contribution in [2.24, 2.45) is 0 Å². The average Bonchev–Trinajstić information content (AvgIpc) is 3.10. The Morgan fingerprint density at radius 1 is 1.28 bits per heavy atom. The first kappa shape index (κ1) is 30.2. The van der Waals surface area contributed by atoms with E-state index in [-0.39, 0.29) is 5.75 Å². The second-order valence-electron chi connectivity index (χ2n) is 8.64. The second kappa shape index (κ2) is 12.2. The van der Waals surface area contributed by atoms with Crippen LogP contribution >= 0.6 is 7.82 Å². The van der Waals surface area contributed by atoms with Crippen LogP contribution in [0.4, 0.5) is 8.78 Å². The number of hydrogen-bond donors (Lipinski definition) is 2. The molecule has 0 saturated carbocycles. The number of nitrogens with one attached hydrogen (secondary N) is 1. The quantitative estimate of drug-likeness (QED) is 0.246. The maximum Gasteiger partial charge on any atom is 0.530 e. The van der Waals surface area contributed by atoms with Crippen molar-refractivity contribution in [2.75, 3.05) is 6.61 Å². The number of aromatic amines is 1. The number of esters is 1. The fourth-order valence-corrected chi connectivity index (χ4v) is 4.87. The van der Waals surface area contributed by atoms with Crippen molar-refractivity contribution < 1.29 is 46.3 Å². The molecule has 2 heterocycles. The van der Waals surface area contributed by atoms with E-state index in [9.17, 15) is 28.4 Å². The third-order valence-electron chi connectivity index (χ3n) is 5.27. The molecule has 1 aromatic carbocycles. The van der Waals surface area contributed by atoms with Crippen molar-refractivity contribution in [2.45, 2.75) is 64.0 Å². The molecule has 0 aliphatic carbocycles. The lowest BCUT2D eigenvalue weighted by Crippen LogP contribution is -2.45. The molecule has 1 saturated heterocycles. The number of hydrogen-bond acceptors (Lipinski definition) is 10. The molecule has 0 amide bonds. The van der Waals surface area contributed by atoms with Crippen molar-refractivity contribution in [3.8, 4) is 17.6 Å². The van der Waals surface area contributed by atoms with E-state index in [1.807, 2.05) is 0 Å². The molecule has 39 heavy (non-hydrogen) atoms. The van der Waals surface area contributed by atoms with Gasteiger partial charge in [-0.1, -0.05) is 24.1 Å². The minimum Gasteiger partial charge on any atom is -0.461 e. The molecule has 6 atom stereocenters. The number of alkyl halides is 1. The molecular weight excluding hydrogens is 545 g/mol. The molecule has 2 unspecified atom stereocenters. The maximum absolute atomic E-state index is 16.0. The lowest BCUT2D eigenvalue weighted by molar-refractivity contribution is -0.156. The normalized spacial score (nSPS) is 24.9. The molecule has 0 bridgehead atoms. The van der Waals surface area contributed by atoms with Crippen LogP contribution in [0.5, 0.6) is 5.75 Å². The van der Waals surface area contributed by atoms with E-state index in [0.717, 1.165) is 0 Å². The Kier molecular flexibility index (Phi) is 9.47. The predicted octanol–water partition coefficient (Wildman–Crippen LogP) is 2.23. The topological polar surface area (TPSA) is 155 Å². The van der Waals surface area contributed by atoms with E-state index in [1.54, 1.807) is 37.0 Å². The third-order valence-corrected chi connectivity index (χ3v) is 6.74. The summed E-state index contributed by atoms with van der Waals surface area (Å²) in [6, 6.07) is 7.63. The Hall–Kier alpha value is -3.34. The van der Waals surface area contributed by atoms with Gasteiger partial charge in [0.1, 0.15) is 18.0 Å². The van der Waals surface area contributed by atoms with Crippen LogP contribution in [0.2, 0.25) is 0 Å². The molecule has 1 aromatic heterocycles. The largest absolute Gasteiger partial charge is 0.530 e. The summed E-state index contributed by atoms with van der Waals surface area (Å²) in [7, 11) is -4.67. The van der Waals surface area contributed by atoms with Crippen molar-refractivity contribution in [3.63, 3.8) is 0 Å². The number of para-hydroxylation sites is 1. The number of rotatable bonds is 10. The highest BCUT2D eigenvalue weighted by molar-refractivity contribution is 7.49. The van der Waals surface area contributed by atoms with Crippen LogP contribution in [0.1, 0.15) is 33.9 Å². The SMILES string of the molecule is CC#CC1(F)[C@@H](O)[C@@H](COP(=O)(Oc2ccccc2)O[C@@H](C)C(=O)OC(C)C)O[C@H]1n1cc(F)c(=O)[nH]c1=O. The molecule has 1 aliphatic heterocycles. The first-order valence-corrected chi connectivity index (χ1v) is 13.1. The van der Waals surface area contributed by atoms with Gasteiger partial charge >= 0.3 is 19.5 Å². The summed E-state index contributed by atoms with van der Waals surface area (Å²) in [5.74, 6) is 2.10. The molecule has 0 radical (unpaired) electrons. The highest BCUT2D eigenvalue weighted by Crippen LogP contribution is 2.52. The van der Waals surface area contributed by atoms with Gasteiger partial charge in [0.15, 0.2) is 12.3 Å². The molecule has 1 aliphatic rings. The molecule has 2 N–H and O–H groups in total. The molecule has 212 valence electrons. The van der Waals surface area contributed by atoms with E-state index in [2.05, 4.69) is 11.8 Å². The summed E-state index contributed by atoms with van der Waals surface area (Å²) in [6.45, 7) is 4.83. The second-order valence-corrected chi connectivity index (χ2v) is 10.2. The van der Waals surface area contributed by atoms with Gasteiger partial charge in [0.05, 0.1) is 18.9 Å². The van der Waals surface area contributed by atoms with Crippen LogP contribution < -0.4 is 15.8 Å². The highest BCUT2D eigenvalue weighted by atomic mass is 31.2. The van der Waals surface area contributed by atoms with Gasteiger partial charge in [-0.2, -0.15) is 4.39 Å². The number of carbonyl (C=O) groups excluding carboxylic acids is 1. The van der Waals surface area contributed by atoms with Crippen LogP contribution in [-0.4, -0.2) is 57.3 Å². The Bertz CT molecular complexity index is 1400. The fourth-order valence-electron chi connectivity index (χ4n) is 3.53. The lowest BCUT2D eigenvalue weighted by Gasteiger charge is -2.24. The molecule has 15 heteroatoms. The van der Waals surface area contributed by atoms with Crippen LogP contribution in [-0.2, 0) is 27.9 Å². The number of H-pyrrole nitrogens is 1. The van der Waals surface area contributed by atoms with Crippen molar-refractivity contribution in [1.82, 2.24) is 9.55 Å². The zero-order chi connectivity index (χ0) is 29.0. The number of benzene rings is 1. The average molecular weight is 572 g/mol.